The fraction of sp³-hybridized carbons (Fsp3) is 0.400. The molecule has 0 unspecified atom stereocenters. The minimum Gasteiger partial charge on any atom is -0.354 e. The van der Waals surface area contributed by atoms with Gasteiger partial charge in [-0.3, -0.25) is 9.59 Å². The average Bonchev–Trinajstić information content (AvgIpc) is 2.41. The summed E-state index contributed by atoms with van der Waals surface area (Å²) in [5.41, 5.74) is 0.297. The molecule has 1 rings (SSSR count). The fourth-order valence-electron chi connectivity index (χ4n) is 1.75. The number of rotatable bonds is 6. The Morgan fingerprint density at radius 1 is 1.17 bits per heavy atom. The van der Waals surface area contributed by atoms with Gasteiger partial charge in [0, 0.05) is 31.6 Å². The predicted octanol–water partition coefficient (Wildman–Crippen LogP) is 1.82. The van der Waals surface area contributed by atoms with E-state index in [-0.39, 0.29) is 36.5 Å². The molecule has 0 fully saturated rings. The first kappa shape index (κ1) is 18.4. The number of anilines is 2. The van der Waals surface area contributed by atoms with Crippen LogP contribution in [0.1, 0.15) is 27.2 Å². The number of amides is 4. The van der Waals surface area contributed by atoms with Crippen molar-refractivity contribution >= 4 is 29.2 Å². The first-order chi connectivity index (χ1) is 10.8. The van der Waals surface area contributed by atoms with Crippen molar-refractivity contribution in [3.8, 4) is 0 Å². The molecule has 7 nitrogen and oxygen atoms in total. The van der Waals surface area contributed by atoms with Crippen LogP contribution in [0.25, 0.3) is 0 Å². The number of halogens is 1. The Morgan fingerprint density at radius 2 is 1.87 bits per heavy atom. The van der Waals surface area contributed by atoms with Gasteiger partial charge in [-0.25, -0.2) is 9.18 Å². The molecule has 4 N–H and O–H groups in total. The quantitative estimate of drug-likeness (QED) is 0.642. The molecule has 0 aliphatic heterocycles. The zero-order valence-corrected chi connectivity index (χ0v) is 13.3. The molecule has 0 atom stereocenters. The Hall–Kier alpha value is -2.64. The van der Waals surface area contributed by atoms with Crippen LogP contribution >= 0.6 is 0 Å². The highest BCUT2D eigenvalue weighted by Gasteiger charge is 2.09. The zero-order valence-electron chi connectivity index (χ0n) is 13.3. The molecule has 0 saturated carbocycles. The third kappa shape index (κ3) is 7.25. The van der Waals surface area contributed by atoms with Crippen LogP contribution < -0.4 is 21.3 Å². The number of carbonyl (C=O) groups excluding carboxylic acids is 3. The van der Waals surface area contributed by atoms with E-state index >= 15 is 0 Å². The highest BCUT2D eigenvalue weighted by molar-refractivity contribution is 5.92. The van der Waals surface area contributed by atoms with Crippen molar-refractivity contribution in [2.75, 3.05) is 17.2 Å². The molecule has 0 spiro atoms. The van der Waals surface area contributed by atoms with Crippen molar-refractivity contribution in [2.24, 2.45) is 0 Å². The van der Waals surface area contributed by atoms with Gasteiger partial charge in [-0.15, -0.1) is 0 Å². The molecule has 0 aromatic heterocycles. The Balaban J connectivity index is 2.50. The monoisotopic (exact) mass is 324 g/mol. The van der Waals surface area contributed by atoms with Crippen molar-refractivity contribution in [3.63, 3.8) is 0 Å². The maximum atomic E-state index is 13.6. The van der Waals surface area contributed by atoms with Gasteiger partial charge in [-0.05, 0) is 32.0 Å². The Labute approximate surface area is 134 Å². The van der Waals surface area contributed by atoms with E-state index in [9.17, 15) is 18.8 Å². The molecule has 1 aromatic rings. The molecule has 0 heterocycles. The Bertz CT molecular complexity index is 590. The van der Waals surface area contributed by atoms with E-state index in [1.165, 1.54) is 19.1 Å². The summed E-state index contributed by atoms with van der Waals surface area (Å²) in [5.74, 6) is -1.12. The van der Waals surface area contributed by atoms with Gasteiger partial charge in [-0.1, -0.05) is 0 Å². The molecule has 8 heteroatoms. The van der Waals surface area contributed by atoms with Crippen LogP contribution in [0.5, 0.6) is 0 Å². The summed E-state index contributed by atoms with van der Waals surface area (Å²) in [6.07, 6.45) is 0.125. The summed E-state index contributed by atoms with van der Waals surface area (Å²) in [7, 11) is 0. The van der Waals surface area contributed by atoms with Crippen molar-refractivity contribution in [1.82, 2.24) is 10.6 Å². The lowest BCUT2D eigenvalue weighted by atomic mass is 10.2. The number of urea groups is 1. The van der Waals surface area contributed by atoms with Crippen molar-refractivity contribution in [1.29, 1.82) is 0 Å². The van der Waals surface area contributed by atoms with Gasteiger partial charge in [0.2, 0.25) is 11.8 Å². The largest absolute Gasteiger partial charge is 0.354 e. The van der Waals surface area contributed by atoms with Crippen LogP contribution in [0.2, 0.25) is 0 Å². The second-order valence-corrected chi connectivity index (χ2v) is 5.23. The topological polar surface area (TPSA) is 99.3 Å². The summed E-state index contributed by atoms with van der Waals surface area (Å²) in [6, 6.07) is 3.22. The number of benzene rings is 1. The highest BCUT2D eigenvalue weighted by Crippen LogP contribution is 2.19. The van der Waals surface area contributed by atoms with E-state index in [4.69, 9.17) is 0 Å². The molecular formula is C15H21FN4O3. The van der Waals surface area contributed by atoms with Gasteiger partial charge >= 0.3 is 6.03 Å². The number of hydrogen-bond acceptors (Lipinski definition) is 3. The summed E-state index contributed by atoms with van der Waals surface area (Å²) in [4.78, 5) is 34.1. The average molecular weight is 324 g/mol. The lowest BCUT2D eigenvalue weighted by Gasteiger charge is -2.11. The van der Waals surface area contributed by atoms with E-state index in [1.807, 2.05) is 13.8 Å². The molecule has 0 bridgehead atoms. The van der Waals surface area contributed by atoms with Crippen LogP contribution in [-0.2, 0) is 9.59 Å². The van der Waals surface area contributed by atoms with Gasteiger partial charge in [0.05, 0.1) is 5.69 Å². The molecule has 0 saturated heterocycles. The lowest BCUT2D eigenvalue weighted by molar-refractivity contribution is -0.121. The van der Waals surface area contributed by atoms with E-state index in [1.54, 1.807) is 0 Å². The fourth-order valence-corrected chi connectivity index (χ4v) is 1.75. The number of carbonyl (C=O) groups is 3. The summed E-state index contributed by atoms with van der Waals surface area (Å²) < 4.78 is 13.6. The van der Waals surface area contributed by atoms with E-state index in [0.717, 1.165) is 6.07 Å². The van der Waals surface area contributed by atoms with E-state index in [2.05, 4.69) is 21.3 Å². The first-order valence-electron chi connectivity index (χ1n) is 7.19. The third-order valence-corrected chi connectivity index (χ3v) is 2.62. The molecule has 0 aliphatic rings. The number of nitrogens with one attached hydrogen (secondary N) is 4. The molecule has 126 valence electrons. The van der Waals surface area contributed by atoms with Gasteiger partial charge < -0.3 is 21.3 Å². The Kier molecular flexibility index (Phi) is 6.98. The van der Waals surface area contributed by atoms with Gasteiger partial charge in [0.1, 0.15) is 5.82 Å². The first-order valence-corrected chi connectivity index (χ1v) is 7.19. The minimum atomic E-state index is -0.638. The lowest BCUT2D eigenvalue weighted by Crippen LogP contribution is -2.35. The zero-order chi connectivity index (χ0) is 17.4. The summed E-state index contributed by atoms with van der Waals surface area (Å²) in [5, 5.41) is 9.97. The van der Waals surface area contributed by atoms with Crippen LogP contribution in [0.3, 0.4) is 0 Å². The van der Waals surface area contributed by atoms with Crippen molar-refractivity contribution in [2.45, 2.75) is 33.2 Å². The highest BCUT2D eigenvalue weighted by atomic mass is 19.1. The van der Waals surface area contributed by atoms with E-state index < -0.39 is 11.8 Å². The maximum Gasteiger partial charge on any atom is 0.319 e. The second-order valence-electron chi connectivity index (χ2n) is 5.23. The molecule has 1 aromatic carbocycles. The van der Waals surface area contributed by atoms with Gasteiger partial charge in [0.25, 0.3) is 0 Å². The smallest absolute Gasteiger partial charge is 0.319 e. The van der Waals surface area contributed by atoms with Crippen molar-refractivity contribution < 1.29 is 18.8 Å². The van der Waals surface area contributed by atoms with Gasteiger partial charge in [0.15, 0.2) is 0 Å². The van der Waals surface area contributed by atoms with Gasteiger partial charge in [-0.2, -0.15) is 0 Å². The second kappa shape index (κ2) is 8.72. The predicted molar refractivity (Wildman–Crippen MR) is 85.6 cm³/mol. The molecular weight excluding hydrogens is 303 g/mol. The standard InChI is InChI=1S/C15H21FN4O3/c1-9(2)18-14(22)6-7-17-15(23)20-13-8-11(19-10(3)21)4-5-12(13)16/h4-5,8-9H,6-7H2,1-3H3,(H,18,22)(H,19,21)(H2,17,20,23). The molecule has 4 amide bonds. The van der Waals surface area contributed by atoms with Crippen LogP contribution in [0.4, 0.5) is 20.6 Å². The minimum absolute atomic E-state index is 0.0296. The van der Waals surface area contributed by atoms with Crippen LogP contribution in [0.15, 0.2) is 18.2 Å². The molecule has 0 radical (unpaired) electrons. The summed E-state index contributed by atoms with van der Waals surface area (Å²) >= 11 is 0. The normalized spacial score (nSPS) is 10.1. The van der Waals surface area contributed by atoms with E-state index in [0.29, 0.717) is 5.69 Å². The third-order valence-electron chi connectivity index (χ3n) is 2.62. The Morgan fingerprint density at radius 3 is 2.48 bits per heavy atom. The molecule has 23 heavy (non-hydrogen) atoms. The summed E-state index contributed by atoms with van der Waals surface area (Å²) in [6.45, 7) is 5.12. The molecule has 0 aliphatic carbocycles. The van der Waals surface area contributed by atoms with Crippen LogP contribution in [0, 0.1) is 5.82 Å². The van der Waals surface area contributed by atoms with Crippen molar-refractivity contribution in [3.05, 3.63) is 24.0 Å². The number of hydrogen-bond donors (Lipinski definition) is 4. The SMILES string of the molecule is CC(=O)Nc1ccc(F)c(NC(=O)NCCC(=O)NC(C)C)c1. The maximum absolute atomic E-state index is 13.6. The van der Waals surface area contributed by atoms with Crippen LogP contribution in [-0.4, -0.2) is 30.4 Å².